The molecule has 2 aromatic carbocycles. The van der Waals surface area contributed by atoms with Gasteiger partial charge in [0, 0.05) is 24.1 Å². The Balaban J connectivity index is 1.85. The molecule has 0 aliphatic heterocycles. The van der Waals surface area contributed by atoms with Crippen LogP contribution in [0, 0.1) is 11.3 Å². The van der Waals surface area contributed by atoms with E-state index in [9.17, 15) is 0 Å². The van der Waals surface area contributed by atoms with Crippen molar-refractivity contribution >= 4 is 16.7 Å². The monoisotopic (exact) mass is 274 g/mol. The molecule has 0 saturated heterocycles. The van der Waals surface area contributed by atoms with E-state index < -0.39 is 0 Å². The van der Waals surface area contributed by atoms with Gasteiger partial charge in [-0.1, -0.05) is 12.1 Å². The van der Waals surface area contributed by atoms with Gasteiger partial charge in [-0.25, -0.2) is 0 Å². The molecule has 0 bridgehead atoms. The number of benzene rings is 2. The summed E-state index contributed by atoms with van der Waals surface area (Å²) in [6.45, 7) is 2.07. The lowest BCUT2D eigenvalue weighted by Gasteiger charge is -2.16. The van der Waals surface area contributed by atoms with Crippen molar-refractivity contribution < 1.29 is 0 Å². The van der Waals surface area contributed by atoms with Gasteiger partial charge >= 0.3 is 0 Å². The molecule has 4 nitrogen and oxygen atoms in total. The first-order valence-electron chi connectivity index (χ1n) is 6.73. The van der Waals surface area contributed by atoms with E-state index in [2.05, 4.69) is 28.3 Å². The molecule has 4 heteroatoms. The van der Waals surface area contributed by atoms with Gasteiger partial charge in [-0.05, 0) is 42.8 Å². The molecular weight excluding hydrogens is 260 g/mol. The Labute approximate surface area is 123 Å². The van der Waals surface area contributed by atoms with Crippen LogP contribution in [0.1, 0.15) is 24.1 Å². The van der Waals surface area contributed by atoms with Crippen LogP contribution in [-0.4, -0.2) is 9.97 Å². The lowest BCUT2D eigenvalue weighted by molar-refractivity contribution is 0.884. The fourth-order valence-electron chi connectivity index (χ4n) is 2.26. The second kappa shape index (κ2) is 5.59. The molecule has 3 rings (SSSR count). The van der Waals surface area contributed by atoms with Gasteiger partial charge in [-0.3, -0.25) is 9.97 Å². The van der Waals surface area contributed by atoms with Crippen LogP contribution in [0.25, 0.3) is 11.0 Å². The fourth-order valence-corrected chi connectivity index (χ4v) is 2.26. The molecule has 102 valence electrons. The molecule has 0 radical (unpaired) electrons. The second-order valence-corrected chi connectivity index (χ2v) is 4.86. The van der Waals surface area contributed by atoms with Crippen molar-refractivity contribution in [3.8, 4) is 6.07 Å². The van der Waals surface area contributed by atoms with Crippen molar-refractivity contribution in [3.63, 3.8) is 0 Å². The molecule has 0 aliphatic rings. The molecule has 1 N–H and O–H groups in total. The van der Waals surface area contributed by atoms with Gasteiger partial charge in [-0.2, -0.15) is 5.26 Å². The van der Waals surface area contributed by atoms with Gasteiger partial charge in [0.2, 0.25) is 0 Å². The highest BCUT2D eigenvalue weighted by atomic mass is 14.9. The molecule has 0 fully saturated rings. The summed E-state index contributed by atoms with van der Waals surface area (Å²) in [5.41, 5.74) is 4.47. The van der Waals surface area contributed by atoms with Crippen molar-refractivity contribution in [2.24, 2.45) is 0 Å². The summed E-state index contributed by atoms with van der Waals surface area (Å²) >= 11 is 0. The molecular formula is C17H14N4. The normalized spacial score (nSPS) is 11.8. The maximum Gasteiger partial charge on any atom is 0.0991 e. The Morgan fingerprint density at radius 2 is 1.86 bits per heavy atom. The van der Waals surface area contributed by atoms with Crippen LogP contribution in [0.2, 0.25) is 0 Å². The van der Waals surface area contributed by atoms with E-state index in [-0.39, 0.29) is 6.04 Å². The first kappa shape index (κ1) is 13.1. The Morgan fingerprint density at radius 3 is 2.67 bits per heavy atom. The third-order valence-electron chi connectivity index (χ3n) is 3.37. The molecule has 0 amide bonds. The number of hydrogen-bond donors (Lipinski definition) is 1. The first-order valence-corrected chi connectivity index (χ1v) is 6.73. The summed E-state index contributed by atoms with van der Waals surface area (Å²) in [7, 11) is 0. The number of nitrogens with zero attached hydrogens (tertiary/aromatic N) is 3. The van der Waals surface area contributed by atoms with E-state index in [0.717, 1.165) is 22.3 Å². The zero-order valence-corrected chi connectivity index (χ0v) is 11.6. The minimum Gasteiger partial charge on any atom is -0.378 e. The maximum absolute atomic E-state index is 8.97. The van der Waals surface area contributed by atoms with Crippen LogP contribution in [0.5, 0.6) is 0 Å². The van der Waals surface area contributed by atoms with Crippen LogP contribution >= 0.6 is 0 Å². The zero-order valence-electron chi connectivity index (χ0n) is 11.6. The second-order valence-electron chi connectivity index (χ2n) is 4.86. The van der Waals surface area contributed by atoms with Crippen LogP contribution < -0.4 is 5.32 Å². The van der Waals surface area contributed by atoms with E-state index in [0.29, 0.717) is 5.56 Å². The van der Waals surface area contributed by atoms with E-state index >= 15 is 0 Å². The summed E-state index contributed by atoms with van der Waals surface area (Å²) in [6.07, 6.45) is 3.37. The number of hydrogen-bond acceptors (Lipinski definition) is 4. The van der Waals surface area contributed by atoms with Gasteiger partial charge in [-0.15, -0.1) is 0 Å². The fraction of sp³-hybridized carbons (Fsp3) is 0.118. The van der Waals surface area contributed by atoms with E-state index in [1.165, 1.54) is 0 Å². The highest BCUT2D eigenvalue weighted by Crippen LogP contribution is 2.22. The van der Waals surface area contributed by atoms with Crippen LogP contribution in [0.4, 0.5) is 5.69 Å². The highest BCUT2D eigenvalue weighted by Gasteiger charge is 2.07. The average Bonchev–Trinajstić information content (AvgIpc) is 2.54. The molecule has 21 heavy (non-hydrogen) atoms. The summed E-state index contributed by atoms with van der Waals surface area (Å²) in [4.78, 5) is 8.56. The van der Waals surface area contributed by atoms with Crippen LogP contribution in [-0.2, 0) is 0 Å². The lowest BCUT2D eigenvalue weighted by Crippen LogP contribution is -2.06. The maximum atomic E-state index is 8.97. The van der Waals surface area contributed by atoms with Crippen molar-refractivity contribution in [3.05, 3.63) is 66.0 Å². The number of aromatic nitrogens is 2. The summed E-state index contributed by atoms with van der Waals surface area (Å²) in [5.74, 6) is 0. The number of fused-ring (bicyclic) bond motifs is 1. The van der Waals surface area contributed by atoms with Crippen LogP contribution in [0.15, 0.2) is 54.9 Å². The largest absolute Gasteiger partial charge is 0.378 e. The standard InChI is InChI=1S/C17H14N4/c1-12(14-4-2-3-13(9-14)11-18)21-15-5-6-16-17(10-15)20-8-7-19-16/h2-10,12,21H,1H3. The molecule has 0 spiro atoms. The van der Waals surface area contributed by atoms with Crippen LogP contribution in [0.3, 0.4) is 0 Å². The lowest BCUT2D eigenvalue weighted by atomic mass is 10.1. The Morgan fingerprint density at radius 1 is 1.05 bits per heavy atom. The first-order chi connectivity index (χ1) is 10.3. The predicted molar refractivity (Wildman–Crippen MR) is 82.7 cm³/mol. The summed E-state index contributed by atoms with van der Waals surface area (Å²) in [5, 5.41) is 12.4. The van der Waals surface area contributed by atoms with Crippen molar-refractivity contribution in [2.75, 3.05) is 5.32 Å². The van der Waals surface area contributed by atoms with E-state index in [1.807, 2.05) is 42.5 Å². The number of nitriles is 1. The predicted octanol–water partition coefficient (Wildman–Crippen LogP) is 3.67. The average molecular weight is 274 g/mol. The number of rotatable bonds is 3. The molecule has 1 atom stereocenters. The van der Waals surface area contributed by atoms with Gasteiger partial charge in [0.15, 0.2) is 0 Å². The van der Waals surface area contributed by atoms with Gasteiger partial charge in [0.05, 0.1) is 22.7 Å². The minimum atomic E-state index is 0.104. The van der Waals surface area contributed by atoms with Crippen molar-refractivity contribution in [1.82, 2.24) is 9.97 Å². The molecule has 1 heterocycles. The van der Waals surface area contributed by atoms with Crippen molar-refractivity contribution in [1.29, 1.82) is 5.26 Å². The van der Waals surface area contributed by atoms with Crippen molar-refractivity contribution in [2.45, 2.75) is 13.0 Å². The van der Waals surface area contributed by atoms with Gasteiger partial charge in [0.25, 0.3) is 0 Å². The summed E-state index contributed by atoms with van der Waals surface area (Å²) in [6, 6.07) is 15.8. The van der Waals surface area contributed by atoms with E-state index in [1.54, 1.807) is 12.4 Å². The Kier molecular flexibility index (Phi) is 3.48. The SMILES string of the molecule is CC(Nc1ccc2nccnc2c1)c1cccc(C#N)c1. The van der Waals surface area contributed by atoms with Gasteiger partial charge < -0.3 is 5.32 Å². The third kappa shape index (κ3) is 2.82. The summed E-state index contributed by atoms with van der Waals surface area (Å²) < 4.78 is 0. The quantitative estimate of drug-likeness (QED) is 0.791. The minimum absolute atomic E-state index is 0.104. The zero-order chi connectivity index (χ0) is 14.7. The topological polar surface area (TPSA) is 61.6 Å². The van der Waals surface area contributed by atoms with E-state index in [4.69, 9.17) is 5.26 Å². The molecule has 3 aromatic rings. The van der Waals surface area contributed by atoms with Gasteiger partial charge in [0.1, 0.15) is 0 Å². The molecule has 1 unspecified atom stereocenters. The number of nitrogens with one attached hydrogen (secondary N) is 1. The molecule has 0 saturated carbocycles. The third-order valence-corrected chi connectivity index (χ3v) is 3.37. The molecule has 1 aromatic heterocycles. The smallest absolute Gasteiger partial charge is 0.0991 e. The number of anilines is 1. The molecule has 0 aliphatic carbocycles. The highest BCUT2D eigenvalue weighted by molar-refractivity contribution is 5.78. The Bertz CT molecular complexity index is 820. The Hall–Kier alpha value is -2.93.